The van der Waals surface area contributed by atoms with Crippen LogP contribution in [0.15, 0.2) is 27.9 Å². The summed E-state index contributed by atoms with van der Waals surface area (Å²) in [7, 11) is 0. The molecule has 15 heavy (non-hydrogen) atoms. The van der Waals surface area contributed by atoms with Crippen LogP contribution < -0.4 is 11.0 Å². The van der Waals surface area contributed by atoms with Gasteiger partial charge in [0.1, 0.15) is 5.82 Å². The topological polar surface area (TPSA) is 70.7 Å². The molecular weight excluding hydrogens is 194 g/mol. The van der Waals surface area contributed by atoms with Crippen LogP contribution in [-0.2, 0) is 0 Å². The van der Waals surface area contributed by atoms with E-state index in [4.69, 9.17) is 0 Å². The van der Waals surface area contributed by atoms with Crippen LogP contribution in [0.4, 0.5) is 0 Å². The van der Waals surface area contributed by atoms with Gasteiger partial charge in [0.05, 0.1) is 0 Å². The lowest BCUT2D eigenvalue weighted by Gasteiger charge is -2.04. The van der Waals surface area contributed by atoms with Gasteiger partial charge in [0.2, 0.25) is 0 Å². The highest BCUT2D eigenvalue weighted by molar-refractivity contribution is 5.27. The molecule has 2 heterocycles. The molecule has 0 aliphatic carbocycles. The van der Waals surface area contributed by atoms with Crippen LogP contribution in [0.25, 0.3) is 5.82 Å². The molecule has 0 saturated heterocycles. The summed E-state index contributed by atoms with van der Waals surface area (Å²) in [5.41, 5.74) is 1.20. The third-order valence-corrected chi connectivity index (χ3v) is 2.43. The largest absolute Gasteiger partial charge is 0.346 e. The fraction of sp³-hybridized carbons (Fsp3) is 0.200. The van der Waals surface area contributed by atoms with Gasteiger partial charge in [-0.2, -0.15) is 0 Å². The van der Waals surface area contributed by atoms with E-state index in [1.807, 2.05) is 6.92 Å². The Morgan fingerprint density at radius 3 is 2.53 bits per heavy atom. The van der Waals surface area contributed by atoms with Crippen molar-refractivity contribution in [2.24, 2.45) is 0 Å². The van der Waals surface area contributed by atoms with Gasteiger partial charge in [-0.3, -0.25) is 14.7 Å². The molecule has 2 N–H and O–H groups in total. The van der Waals surface area contributed by atoms with Crippen LogP contribution in [0, 0.1) is 13.8 Å². The highest BCUT2D eigenvalue weighted by atomic mass is 16.1. The van der Waals surface area contributed by atoms with Gasteiger partial charge in [-0.25, -0.2) is 4.68 Å². The zero-order valence-corrected chi connectivity index (χ0v) is 8.50. The second-order valence-electron chi connectivity index (χ2n) is 3.40. The number of hydrogen-bond donors (Lipinski definition) is 2. The maximum atomic E-state index is 11.4. The van der Waals surface area contributed by atoms with E-state index in [9.17, 15) is 9.59 Å². The third-order valence-electron chi connectivity index (χ3n) is 2.43. The van der Waals surface area contributed by atoms with Gasteiger partial charge in [0.15, 0.2) is 5.43 Å². The van der Waals surface area contributed by atoms with Gasteiger partial charge >= 0.3 is 0 Å². The maximum Gasteiger partial charge on any atom is 0.267 e. The van der Waals surface area contributed by atoms with Crippen LogP contribution in [0.2, 0.25) is 0 Å². The molecule has 2 rings (SSSR count). The number of nitrogens with one attached hydrogen (secondary N) is 2. The van der Waals surface area contributed by atoms with Crippen molar-refractivity contribution >= 4 is 0 Å². The Kier molecular flexibility index (Phi) is 2.07. The molecule has 0 unspecified atom stereocenters. The van der Waals surface area contributed by atoms with E-state index in [2.05, 4.69) is 10.1 Å². The molecule has 0 aliphatic heterocycles. The molecule has 0 aromatic carbocycles. The van der Waals surface area contributed by atoms with E-state index >= 15 is 0 Å². The summed E-state index contributed by atoms with van der Waals surface area (Å²) in [4.78, 5) is 25.4. The first-order valence-electron chi connectivity index (χ1n) is 4.57. The van der Waals surface area contributed by atoms with Crippen LogP contribution in [0.3, 0.4) is 0 Å². The highest BCUT2D eigenvalue weighted by Gasteiger charge is 2.07. The lowest BCUT2D eigenvalue weighted by molar-refractivity contribution is 0.805. The van der Waals surface area contributed by atoms with Crippen LogP contribution >= 0.6 is 0 Å². The van der Waals surface area contributed by atoms with Crippen molar-refractivity contribution in [3.63, 3.8) is 0 Å². The normalized spacial score (nSPS) is 10.5. The summed E-state index contributed by atoms with van der Waals surface area (Å²) in [5, 5.41) is 2.65. The van der Waals surface area contributed by atoms with Crippen LogP contribution in [-0.4, -0.2) is 14.8 Å². The molecule has 5 heteroatoms. The van der Waals surface area contributed by atoms with Crippen LogP contribution in [0.1, 0.15) is 11.3 Å². The molecule has 0 spiro atoms. The first-order valence-corrected chi connectivity index (χ1v) is 4.57. The van der Waals surface area contributed by atoms with E-state index < -0.39 is 0 Å². The SMILES string of the molecule is Cc1c(C)n(-c2cc(=O)cc[nH]2)[nH]c1=O. The number of rotatable bonds is 1. The summed E-state index contributed by atoms with van der Waals surface area (Å²) >= 11 is 0. The lowest BCUT2D eigenvalue weighted by Crippen LogP contribution is -2.09. The second kappa shape index (κ2) is 3.27. The van der Waals surface area contributed by atoms with Crippen molar-refractivity contribution in [1.29, 1.82) is 0 Å². The average molecular weight is 205 g/mol. The fourth-order valence-electron chi connectivity index (χ4n) is 1.40. The second-order valence-corrected chi connectivity index (χ2v) is 3.40. The molecule has 0 radical (unpaired) electrons. The molecule has 0 bridgehead atoms. The molecule has 5 nitrogen and oxygen atoms in total. The van der Waals surface area contributed by atoms with E-state index in [0.29, 0.717) is 11.4 Å². The summed E-state index contributed by atoms with van der Waals surface area (Å²) < 4.78 is 1.57. The molecule has 0 saturated carbocycles. The number of aromatic nitrogens is 3. The van der Waals surface area contributed by atoms with E-state index in [-0.39, 0.29) is 11.0 Å². The summed E-state index contributed by atoms with van der Waals surface area (Å²) in [5.74, 6) is 0.560. The van der Waals surface area contributed by atoms with Gasteiger partial charge in [0.25, 0.3) is 5.56 Å². The molecule has 2 aromatic rings. The molecule has 0 amide bonds. The molecule has 78 valence electrons. The van der Waals surface area contributed by atoms with Crippen molar-refractivity contribution < 1.29 is 0 Å². The Balaban J connectivity index is 2.69. The van der Waals surface area contributed by atoms with Crippen molar-refractivity contribution in [1.82, 2.24) is 14.8 Å². The number of H-pyrrole nitrogens is 2. The monoisotopic (exact) mass is 205 g/mol. The number of aromatic amines is 2. The third kappa shape index (κ3) is 1.52. The van der Waals surface area contributed by atoms with Crippen molar-refractivity contribution in [3.05, 3.63) is 50.2 Å². The number of nitrogens with zero attached hydrogens (tertiary/aromatic N) is 1. The molecule has 0 atom stereocenters. The molecule has 2 aromatic heterocycles. The Morgan fingerprint density at radius 2 is 2.00 bits per heavy atom. The Morgan fingerprint density at radius 1 is 1.27 bits per heavy atom. The first kappa shape index (κ1) is 9.51. The minimum atomic E-state index is -0.141. The molecular formula is C10H11N3O2. The Hall–Kier alpha value is -2.04. The Bertz CT molecular complexity index is 604. The zero-order chi connectivity index (χ0) is 11.0. The predicted octanol–water partition coefficient (Wildman–Crippen LogP) is 0.471. The van der Waals surface area contributed by atoms with Crippen molar-refractivity contribution in [2.45, 2.75) is 13.8 Å². The minimum Gasteiger partial charge on any atom is -0.346 e. The minimum absolute atomic E-state index is 0.102. The quantitative estimate of drug-likeness (QED) is 0.710. The summed E-state index contributed by atoms with van der Waals surface area (Å²) in [6.45, 7) is 3.56. The van der Waals surface area contributed by atoms with E-state index in [1.165, 1.54) is 12.1 Å². The van der Waals surface area contributed by atoms with Crippen molar-refractivity contribution in [2.75, 3.05) is 0 Å². The average Bonchev–Trinajstić information content (AvgIpc) is 2.46. The maximum absolute atomic E-state index is 11.4. The predicted molar refractivity (Wildman–Crippen MR) is 56.5 cm³/mol. The highest BCUT2D eigenvalue weighted by Crippen LogP contribution is 2.05. The standard InChI is InChI=1S/C10H11N3O2/c1-6-7(2)13(12-10(6)15)9-5-8(14)3-4-11-9/h3-5H,1-2H3,(H,11,14)(H,12,15). The van der Waals surface area contributed by atoms with Crippen molar-refractivity contribution in [3.8, 4) is 5.82 Å². The molecule has 0 aliphatic rings. The van der Waals surface area contributed by atoms with Gasteiger partial charge in [0, 0.05) is 29.6 Å². The summed E-state index contributed by atoms with van der Waals surface area (Å²) in [6.07, 6.45) is 1.55. The summed E-state index contributed by atoms with van der Waals surface area (Å²) in [6, 6.07) is 2.86. The number of pyridine rings is 1. The smallest absolute Gasteiger partial charge is 0.267 e. The fourth-order valence-corrected chi connectivity index (χ4v) is 1.40. The van der Waals surface area contributed by atoms with E-state index in [1.54, 1.807) is 17.8 Å². The van der Waals surface area contributed by atoms with Gasteiger partial charge < -0.3 is 4.98 Å². The number of hydrogen-bond acceptors (Lipinski definition) is 2. The van der Waals surface area contributed by atoms with Gasteiger partial charge in [-0.1, -0.05) is 0 Å². The zero-order valence-electron chi connectivity index (χ0n) is 8.50. The van der Waals surface area contributed by atoms with Gasteiger partial charge in [-0.15, -0.1) is 0 Å². The first-order chi connectivity index (χ1) is 7.09. The lowest BCUT2D eigenvalue weighted by atomic mass is 10.3. The Labute approximate surface area is 85.4 Å². The van der Waals surface area contributed by atoms with Crippen LogP contribution in [0.5, 0.6) is 0 Å². The molecule has 0 fully saturated rings. The van der Waals surface area contributed by atoms with Gasteiger partial charge in [-0.05, 0) is 13.8 Å². The van der Waals surface area contributed by atoms with E-state index in [0.717, 1.165) is 5.69 Å².